The second-order valence-corrected chi connectivity index (χ2v) is 7.50. The first-order chi connectivity index (χ1) is 7.79. The van der Waals surface area contributed by atoms with Gasteiger partial charge in [-0.2, -0.15) is 0 Å². The van der Waals surface area contributed by atoms with Crippen LogP contribution in [0.3, 0.4) is 0 Å². The summed E-state index contributed by atoms with van der Waals surface area (Å²) in [5.74, 6) is 0.968. The normalized spacial score (nSPS) is 12.4. The molecular weight excluding hydrogens is 236 g/mol. The van der Waals surface area contributed by atoms with E-state index in [-0.39, 0.29) is 23.5 Å². The van der Waals surface area contributed by atoms with Crippen LogP contribution >= 0.6 is 0 Å². The highest BCUT2D eigenvalue weighted by Gasteiger charge is 2.21. The fraction of sp³-hybridized carbons (Fsp3) is 0.538. The molecule has 0 heterocycles. The van der Waals surface area contributed by atoms with Crippen molar-refractivity contribution in [2.45, 2.75) is 20.8 Å². The van der Waals surface area contributed by atoms with Crippen molar-refractivity contribution in [3.05, 3.63) is 30.3 Å². The number of hydrogen-bond acceptors (Lipinski definition) is 3. The minimum Gasteiger partial charge on any atom is -0.493 e. The number of benzene rings is 1. The van der Waals surface area contributed by atoms with Gasteiger partial charge in [-0.25, -0.2) is 8.42 Å². The van der Waals surface area contributed by atoms with E-state index in [1.165, 1.54) is 0 Å². The Bertz CT molecular complexity index is 429. The van der Waals surface area contributed by atoms with Crippen LogP contribution in [0, 0.1) is 5.41 Å². The number of hydrogen-bond donors (Lipinski definition) is 0. The second kappa shape index (κ2) is 5.54. The molecule has 3 nitrogen and oxygen atoms in total. The first-order valence-corrected chi connectivity index (χ1v) is 7.49. The molecule has 1 aromatic carbocycles. The van der Waals surface area contributed by atoms with Gasteiger partial charge in [0, 0.05) is 0 Å². The van der Waals surface area contributed by atoms with Gasteiger partial charge in [0.1, 0.15) is 12.4 Å². The van der Waals surface area contributed by atoms with Crippen molar-refractivity contribution in [3.63, 3.8) is 0 Å². The molecule has 0 N–H and O–H groups in total. The Balaban J connectivity index is 2.41. The average Bonchev–Trinajstić information content (AvgIpc) is 2.15. The largest absolute Gasteiger partial charge is 0.493 e. The Hall–Kier alpha value is -1.03. The molecule has 17 heavy (non-hydrogen) atoms. The predicted octanol–water partition coefficient (Wildman–Crippen LogP) is 2.53. The fourth-order valence-corrected chi connectivity index (χ4v) is 3.34. The second-order valence-electron chi connectivity index (χ2n) is 5.31. The van der Waals surface area contributed by atoms with Crippen LogP contribution in [0.1, 0.15) is 20.8 Å². The Labute approximate surface area is 104 Å². The van der Waals surface area contributed by atoms with Gasteiger partial charge < -0.3 is 4.74 Å². The van der Waals surface area contributed by atoms with Gasteiger partial charge in [-0.3, -0.25) is 0 Å². The number of rotatable bonds is 5. The van der Waals surface area contributed by atoms with Crippen LogP contribution in [0.4, 0.5) is 0 Å². The molecule has 1 aromatic rings. The Morgan fingerprint density at radius 1 is 1.12 bits per heavy atom. The third-order valence-electron chi connectivity index (χ3n) is 2.06. The van der Waals surface area contributed by atoms with Gasteiger partial charge in [0.25, 0.3) is 0 Å². The maximum atomic E-state index is 11.8. The summed E-state index contributed by atoms with van der Waals surface area (Å²) < 4.78 is 28.9. The van der Waals surface area contributed by atoms with Crippen molar-refractivity contribution in [1.82, 2.24) is 0 Å². The molecular formula is C13H20O3S. The Kier molecular flexibility index (Phi) is 4.57. The van der Waals surface area contributed by atoms with Crippen molar-refractivity contribution in [2.75, 3.05) is 18.1 Å². The number of ether oxygens (including phenoxy) is 1. The first kappa shape index (κ1) is 14.0. The lowest BCUT2D eigenvalue weighted by Crippen LogP contribution is -2.25. The van der Waals surface area contributed by atoms with E-state index >= 15 is 0 Å². The van der Waals surface area contributed by atoms with Crippen molar-refractivity contribution < 1.29 is 13.2 Å². The molecule has 1 rings (SSSR count). The third kappa shape index (κ3) is 6.31. The lowest BCUT2D eigenvalue weighted by Gasteiger charge is -2.17. The van der Waals surface area contributed by atoms with E-state index in [2.05, 4.69) is 0 Å². The highest BCUT2D eigenvalue weighted by molar-refractivity contribution is 7.91. The molecule has 0 radical (unpaired) electrons. The van der Waals surface area contributed by atoms with Crippen molar-refractivity contribution in [2.24, 2.45) is 5.41 Å². The smallest absolute Gasteiger partial charge is 0.154 e. The summed E-state index contributed by atoms with van der Waals surface area (Å²) in [7, 11) is -3.03. The summed E-state index contributed by atoms with van der Waals surface area (Å²) in [5.41, 5.74) is -0.203. The lowest BCUT2D eigenvalue weighted by atomic mass is 10.0. The molecule has 0 atom stereocenters. The summed E-state index contributed by atoms with van der Waals surface area (Å²) in [6, 6.07) is 9.24. The molecule has 0 saturated heterocycles. The van der Waals surface area contributed by atoms with Crippen molar-refractivity contribution in [1.29, 1.82) is 0 Å². The Morgan fingerprint density at radius 2 is 1.71 bits per heavy atom. The van der Waals surface area contributed by atoms with Crippen LogP contribution < -0.4 is 4.74 Å². The molecule has 0 aliphatic heterocycles. The number of sulfone groups is 1. The molecule has 0 aromatic heterocycles. The van der Waals surface area contributed by atoms with Crippen LogP contribution in [0.15, 0.2) is 30.3 Å². The minimum atomic E-state index is -3.03. The van der Waals surface area contributed by atoms with Gasteiger partial charge in [0.05, 0.1) is 11.5 Å². The van der Waals surface area contributed by atoms with E-state index in [1.807, 2.05) is 51.1 Å². The van der Waals surface area contributed by atoms with Gasteiger partial charge >= 0.3 is 0 Å². The van der Waals surface area contributed by atoms with Crippen LogP contribution in [0.25, 0.3) is 0 Å². The zero-order chi connectivity index (χ0) is 12.9. The molecule has 0 aliphatic carbocycles. The van der Waals surface area contributed by atoms with Crippen molar-refractivity contribution in [3.8, 4) is 5.75 Å². The molecule has 0 saturated carbocycles. The quantitative estimate of drug-likeness (QED) is 0.813. The molecule has 0 fully saturated rings. The maximum Gasteiger partial charge on any atom is 0.154 e. The maximum absolute atomic E-state index is 11.8. The van der Waals surface area contributed by atoms with Gasteiger partial charge in [0.2, 0.25) is 0 Å². The zero-order valence-corrected chi connectivity index (χ0v) is 11.5. The minimum absolute atomic E-state index is 0.0686. The van der Waals surface area contributed by atoms with E-state index in [9.17, 15) is 8.42 Å². The monoisotopic (exact) mass is 256 g/mol. The third-order valence-corrected chi connectivity index (χ3v) is 4.15. The first-order valence-electron chi connectivity index (χ1n) is 5.67. The van der Waals surface area contributed by atoms with E-state index in [0.717, 1.165) is 0 Å². The van der Waals surface area contributed by atoms with Crippen LogP contribution in [-0.4, -0.2) is 26.5 Å². The van der Waals surface area contributed by atoms with E-state index in [1.54, 1.807) is 0 Å². The highest BCUT2D eigenvalue weighted by Crippen LogP contribution is 2.16. The molecule has 0 aliphatic rings. The summed E-state index contributed by atoms with van der Waals surface area (Å²) >= 11 is 0. The molecule has 0 unspecified atom stereocenters. The standard InChI is InChI=1S/C13H20O3S/c1-13(2,3)11-17(14,15)10-9-16-12-7-5-4-6-8-12/h4-8H,9-11H2,1-3H3. The predicted molar refractivity (Wildman–Crippen MR) is 70.0 cm³/mol. The topological polar surface area (TPSA) is 43.4 Å². The van der Waals surface area contributed by atoms with E-state index in [0.29, 0.717) is 5.75 Å². The summed E-state index contributed by atoms with van der Waals surface area (Å²) in [6.45, 7) is 5.97. The van der Waals surface area contributed by atoms with Gasteiger partial charge in [0.15, 0.2) is 9.84 Å². The van der Waals surface area contributed by atoms with E-state index in [4.69, 9.17) is 4.74 Å². The van der Waals surface area contributed by atoms with Gasteiger partial charge in [-0.15, -0.1) is 0 Å². The lowest BCUT2D eigenvalue weighted by molar-refractivity contribution is 0.340. The number of para-hydroxylation sites is 1. The molecule has 0 spiro atoms. The zero-order valence-electron chi connectivity index (χ0n) is 10.6. The highest BCUT2D eigenvalue weighted by atomic mass is 32.2. The van der Waals surface area contributed by atoms with Crippen molar-refractivity contribution >= 4 is 9.84 Å². The van der Waals surface area contributed by atoms with Gasteiger partial charge in [-0.05, 0) is 17.5 Å². The van der Waals surface area contributed by atoms with Gasteiger partial charge in [-0.1, -0.05) is 39.0 Å². The molecule has 96 valence electrons. The van der Waals surface area contributed by atoms with Crippen LogP contribution in [-0.2, 0) is 9.84 Å². The van der Waals surface area contributed by atoms with E-state index < -0.39 is 9.84 Å². The Morgan fingerprint density at radius 3 is 2.24 bits per heavy atom. The van der Waals surface area contributed by atoms with Crippen LogP contribution in [0.5, 0.6) is 5.75 Å². The van der Waals surface area contributed by atoms with Crippen LogP contribution in [0.2, 0.25) is 0 Å². The molecule has 0 bridgehead atoms. The molecule has 4 heteroatoms. The summed E-state index contributed by atoms with van der Waals surface area (Å²) in [5, 5.41) is 0. The SMILES string of the molecule is CC(C)(C)CS(=O)(=O)CCOc1ccccc1. The fourth-order valence-electron chi connectivity index (χ4n) is 1.54. The summed E-state index contributed by atoms with van der Waals surface area (Å²) in [4.78, 5) is 0. The molecule has 0 amide bonds. The average molecular weight is 256 g/mol. The summed E-state index contributed by atoms with van der Waals surface area (Å²) in [6.07, 6.45) is 0.